The highest BCUT2D eigenvalue weighted by Gasteiger charge is 2.42. The van der Waals surface area contributed by atoms with Crippen LogP contribution in [-0.4, -0.2) is 47.0 Å². The number of amides is 3. The van der Waals surface area contributed by atoms with Crippen LogP contribution < -0.4 is 10.6 Å². The van der Waals surface area contributed by atoms with Crippen molar-refractivity contribution in [3.8, 4) is 0 Å². The third-order valence-electron chi connectivity index (χ3n) is 4.56. The van der Waals surface area contributed by atoms with E-state index in [2.05, 4.69) is 10.6 Å². The van der Waals surface area contributed by atoms with Gasteiger partial charge in [-0.2, -0.15) is 0 Å². The van der Waals surface area contributed by atoms with Gasteiger partial charge in [-0.05, 0) is 44.4 Å². The largest absolute Gasteiger partial charge is 0.481 e. The summed E-state index contributed by atoms with van der Waals surface area (Å²) in [4.78, 5) is 37.2. The molecule has 7 heteroatoms. The van der Waals surface area contributed by atoms with Gasteiger partial charge in [0.05, 0.1) is 5.41 Å². The minimum atomic E-state index is -0.893. The van der Waals surface area contributed by atoms with Crippen molar-refractivity contribution in [1.29, 1.82) is 0 Å². The monoisotopic (exact) mass is 331 g/mol. The maximum absolute atomic E-state index is 12.6. The molecule has 1 saturated carbocycles. The van der Waals surface area contributed by atoms with E-state index in [0.29, 0.717) is 24.2 Å². The Morgan fingerprint density at radius 2 is 2.04 bits per heavy atom. The van der Waals surface area contributed by atoms with Crippen molar-refractivity contribution >= 4 is 23.6 Å². The van der Waals surface area contributed by atoms with Gasteiger partial charge in [-0.25, -0.2) is 4.79 Å². The van der Waals surface area contributed by atoms with Gasteiger partial charge in [0.25, 0.3) is 5.91 Å². The molecule has 1 heterocycles. The molecule has 7 nitrogen and oxygen atoms in total. The van der Waals surface area contributed by atoms with E-state index in [0.717, 1.165) is 12.8 Å². The molecule has 2 fully saturated rings. The second-order valence-electron chi connectivity index (χ2n) is 6.80. The molecule has 128 valence electrons. The predicted octanol–water partition coefficient (Wildman–Crippen LogP) is 1.91. The molecule has 1 unspecified atom stereocenters. The molecular weight excluding hydrogens is 310 g/mol. The van der Waals surface area contributed by atoms with Crippen molar-refractivity contribution in [3.05, 3.63) is 29.8 Å². The molecule has 3 rings (SSSR count). The summed E-state index contributed by atoms with van der Waals surface area (Å²) >= 11 is 0. The van der Waals surface area contributed by atoms with E-state index in [1.165, 1.54) is 0 Å². The number of carboxylic acid groups (broad SMARTS) is 1. The first kappa shape index (κ1) is 16.3. The number of anilines is 1. The smallest absolute Gasteiger partial charge is 0.319 e. The fourth-order valence-electron chi connectivity index (χ4n) is 2.80. The van der Waals surface area contributed by atoms with Crippen LogP contribution in [0.5, 0.6) is 0 Å². The molecule has 0 radical (unpaired) electrons. The maximum Gasteiger partial charge on any atom is 0.319 e. The molecule has 0 spiro atoms. The number of carbonyl (C=O) groups excluding carboxylic acids is 2. The number of hydrogen-bond donors (Lipinski definition) is 3. The SMILES string of the molecule is CC1(C(=O)O)CCN(C(=O)c2cccc(NC(=O)NC3CC3)c2)C1. The first-order chi connectivity index (χ1) is 11.4. The molecule has 1 aliphatic carbocycles. The molecule has 24 heavy (non-hydrogen) atoms. The van der Waals surface area contributed by atoms with Gasteiger partial charge in [-0.15, -0.1) is 0 Å². The summed E-state index contributed by atoms with van der Waals surface area (Å²) in [7, 11) is 0. The van der Waals surface area contributed by atoms with E-state index < -0.39 is 11.4 Å². The molecule has 2 aliphatic rings. The average Bonchev–Trinajstić information content (AvgIpc) is 3.25. The first-order valence-corrected chi connectivity index (χ1v) is 8.08. The Morgan fingerprint density at radius 3 is 2.67 bits per heavy atom. The number of hydrogen-bond acceptors (Lipinski definition) is 3. The Labute approximate surface area is 140 Å². The summed E-state index contributed by atoms with van der Waals surface area (Å²) in [6.45, 7) is 2.27. The van der Waals surface area contributed by atoms with E-state index in [4.69, 9.17) is 0 Å². The molecule has 1 aromatic rings. The number of rotatable bonds is 4. The van der Waals surface area contributed by atoms with E-state index >= 15 is 0 Å². The number of benzene rings is 1. The predicted molar refractivity (Wildman–Crippen MR) is 87.9 cm³/mol. The second kappa shape index (κ2) is 6.14. The van der Waals surface area contributed by atoms with Crippen molar-refractivity contribution in [2.75, 3.05) is 18.4 Å². The van der Waals surface area contributed by atoms with E-state index in [1.807, 2.05) is 0 Å². The van der Waals surface area contributed by atoms with Crippen molar-refractivity contribution in [3.63, 3.8) is 0 Å². The van der Waals surface area contributed by atoms with Gasteiger partial charge in [0, 0.05) is 30.4 Å². The zero-order valence-corrected chi connectivity index (χ0v) is 13.5. The zero-order chi connectivity index (χ0) is 17.3. The van der Waals surface area contributed by atoms with Crippen LogP contribution in [0.2, 0.25) is 0 Å². The Hall–Kier alpha value is -2.57. The lowest BCUT2D eigenvalue weighted by molar-refractivity contribution is -0.147. The summed E-state index contributed by atoms with van der Waals surface area (Å²) in [5.74, 6) is -1.10. The van der Waals surface area contributed by atoms with Gasteiger partial charge in [0.1, 0.15) is 0 Å². The fraction of sp³-hybridized carbons (Fsp3) is 0.471. The lowest BCUT2D eigenvalue weighted by Gasteiger charge is -2.20. The number of carbonyl (C=O) groups is 3. The molecule has 0 bridgehead atoms. The summed E-state index contributed by atoms with van der Waals surface area (Å²) in [5, 5.41) is 14.8. The normalized spacial score (nSPS) is 23.0. The van der Waals surface area contributed by atoms with Crippen LogP contribution in [0.4, 0.5) is 10.5 Å². The summed E-state index contributed by atoms with van der Waals surface area (Å²) in [5.41, 5.74) is 0.0865. The van der Waals surface area contributed by atoms with E-state index in [1.54, 1.807) is 36.1 Å². The van der Waals surface area contributed by atoms with Gasteiger partial charge in [-0.1, -0.05) is 6.07 Å². The minimum Gasteiger partial charge on any atom is -0.481 e. The highest BCUT2D eigenvalue weighted by molar-refractivity contribution is 5.97. The van der Waals surface area contributed by atoms with Crippen LogP contribution in [0.1, 0.15) is 36.5 Å². The number of urea groups is 1. The standard InChI is InChI=1S/C17H21N3O4/c1-17(15(22)23)7-8-20(10-17)14(21)11-3-2-4-13(9-11)19-16(24)18-12-5-6-12/h2-4,9,12H,5-8,10H2,1H3,(H,22,23)(H2,18,19,24). The molecule has 1 aromatic carbocycles. The Morgan fingerprint density at radius 1 is 1.29 bits per heavy atom. The number of nitrogens with one attached hydrogen (secondary N) is 2. The third kappa shape index (κ3) is 3.50. The number of likely N-dealkylation sites (tertiary alicyclic amines) is 1. The van der Waals surface area contributed by atoms with Crippen LogP contribution in [0.25, 0.3) is 0 Å². The third-order valence-corrected chi connectivity index (χ3v) is 4.56. The van der Waals surface area contributed by atoms with Gasteiger partial charge in [0.15, 0.2) is 0 Å². The molecule has 3 amide bonds. The van der Waals surface area contributed by atoms with Crippen molar-refractivity contribution in [1.82, 2.24) is 10.2 Å². The van der Waals surface area contributed by atoms with Crippen LogP contribution in [0.15, 0.2) is 24.3 Å². The summed E-state index contributed by atoms with van der Waals surface area (Å²) in [6, 6.07) is 6.68. The fourth-order valence-corrected chi connectivity index (χ4v) is 2.80. The molecule has 1 saturated heterocycles. The Bertz CT molecular complexity index is 686. The highest BCUT2D eigenvalue weighted by Crippen LogP contribution is 2.31. The molecule has 3 N–H and O–H groups in total. The summed E-state index contributed by atoms with van der Waals surface area (Å²) < 4.78 is 0. The van der Waals surface area contributed by atoms with Gasteiger partial charge >= 0.3 is 12.0 Å². The van der Waals surface area contributed by atoms with Crippen molar-refractivity contribution in [2.45, 2.75) is 32.2 Å². The second-order valence-corrected chi connectivity index (χ2v) is 6.80. The Balaban J connectivity index is 1.66. The number of nitrogens with zero attached hydrogens (tertiary/aromatic N) is 1. The highest BCUT2D eigenvalue weighted by atomic mass is 16.4. The lowest BCUT2D eigenvalue weighted by Crippen LogP contribution is -2.35. The zero-order valence-electron chi connectivity index (χ0n) is 13.5. The average molecular weight is 331 g/mol. The number of carboxylic acids is 1. The topological polar surface area (TPSA) is 98.7 Å². The van der Waals surface area contributed by atoms with Gasteiger partial charge < -0.3 is 20.6 Å². The van der Waals surface area contributed by atoms with Crippen LogP contribution in [0, 0.1) is 5.41 Å². The summed E-state index contributed by atoms with van der Waals surface area (Å²) in [6.07, 6.45) is 2.45. The first-order valence-electron chi connectivity index (χ1n) is 8.08. The van der Waals surface area contributed by atoms with Crippen LogP contribution in [-0.2, 0) is 4.79 Å². The quantitative estimate of drug-likeness (QED) is 0.785. The van der Waals surface area contributed by atoms with Crippen molar-refractivity contribution < 1.29 is 19.5 Å². The van der Waals surface area contributed by atoms with Crippen LogP contribution >= 0.6 is 0 Å². The van der Waals surface area contributed by atoms with E-state index in [9.17, 15) is 19.5 Å². The van der Waals surface area contributed by atoms with Crippen LogP contribution in [0.3, 0.4) is 0 Å². The lowest BCUT2D eigenvalue weighted by atomic mass is 9.90. The molecule has 0 aromatic heterocycles. The van der Waals surface area contributed by atoms with Crippen molar-refractivity contribution in [2.24, 2.45) is 5.41 Å². The van der Waals surface area contributed by atoms with Gasteiger partial charge in [-0.3, -0.25) is 9.59 Å². The maximum atomic E-state index is 12.6. The molecule has 1 aliphatic heterocycles. The van der Waals surface area contributed by atoms with E-state index in [-0.39, 0.29) is 24.5 Å². The molecular formula is C17H21N3O4. The molecule has 1 atom stereocenters. The van der Waals surface area contributed by atoms with Gasteiger partial charge in [0.2, 0.25) is 0 Å². The Kier molecular flexibility index (Phi) is 4.17. The minimum absolute atomic E-state index is 0.195. The number of aliphatic carboxylic acids is 1.